The Morgan fingerprint density at radius 1 is 1.08 bits per heavy atom. The number of carbonyl (C=O) groups is 2. The molecule has 0 unspecified atom stereocenters. The van der Waals surface area contributed by atoms with E-state index in [1.807, 2.05) is 11.4 Å². The van der Waals surface area contributed by atoms with Gasteiger partial charge in [-0.2, -0.15) is 0 Å². The van der Waals surface area contributed by atoms with E-state index in [2.05, 4.69) is 15.3 Å². The average molecular weight is 381 g/mol. The van der Waals surface area contributed by atoms with E-state index in [0.29, 0.717) is 31.9 Å². The SMILES string of the molecule is O=C(Nc1nc(-c2ccco2)c(C(=O)c2cccs2)s1)c1ccncc1. The van der Waals surface area contributed by atoms with Crippen molar-refractivity contribution in [3.05, 3.63) is 75.8 Å². The van der Waals surface area contributed by atoms with Gasteiger partial charge in [0.1, 0.15) is 10.6 Å². The molecule has 0 spiro atoms. The fraction of sp³-hybridized carbons (Fsp3) is 0. The van der Waals surface area contributed by atoms with Crippen molar-refractivity contribution >= 4 is 39.5 Å². The van der Waals surface area contributed by atoms with E-state index in [9.17, 15) is 9.59 Å². The molecule has 4 aromatic rings. The highest BCUT2D eigenvalue weighted by Crippen LogP contribution is 2.34. The van der Waals surface area contributed by atoms with Crippen molar-refractivity contribution < 1.29 is 14.0 Å². The molecule has 4 aromatic heterocycles. The van der Waals surface area contributed by atoms with Crippen LogP contribution < -0.4 is 5.32 Å². The number of nitrogens with one attached hydrogen (secondary N) is 1. The van der Waals surface area contributed by atoms with Crippen LogP contribution in [0.3, 0.4) is 0 Å². The molecule has 4 heterocycles. The molecule has 0 aliphatic carbocycles. The Morgan fingerprint density at radius 3 is 2.62 bits per heavy atom. The summed E-state index contributed by atoms with van der Waals surface area (Å²) in [5.41, 5.74) is 0.879. The van der Waals surface area contributed by atoms with Crippen molar-refractivity contribution in [2.24, 2.45) is 0 Å². The summed E-state index contributed by atoms with van der Waals surface area (Å²) in [5, 5.41) is 4.90. The molecule has 0 bridgehead atoms. The van der Waals surface area contributed by atoms with Crippen LogP contribution in [0.15, 0.2) is 64.9 Å². The van der Waals surface area contributed by atoms with Gasteiger partial charge in [0.25, 0.3) is 5.91 Å². The van der Waals surface area contributed by atoms with Crippen LogP contribution in [-0.4, -0.2) is 21.7 Å². The van der Waals surface area contributed by atoms with Crippen LogP contribution in [-0.2, 0) is 0 Å². The molecule has 0 saturated heterocycles. The molecule has 1 amide bonds. The zero-order valence-electron chi connectivity index (χ0n) is 13.2. The lowest BCUT2D eigenvalue weighted by molar-refractivity contribution is 0.102. The minimum Gasteiger partial charge on any atom is -0.463 e. The quantitative estimate of drug-likeness (QED) is 0.520. The molecule has 6 nitrogen and oxygen atoms in total. The average Bonchev–Trinajstić information content (AvgIpc) is 3.42. The number of rotatable bonds is 5. The maximum absolute atomic E-state index is 12.8. The van der Waals surface area contributed by atoms with Gasteiger partial charge in [-0.3, -0.25) is 19.9 Å². The molecular formula is C18H11N3O3S2. The topological polar surface area (TPSA) is 85.1 Å². The van der Waals surface area contributed by atoms with E-state index in [1.54, 1.807) is 30.3 Å². The van der Waals surface area contributed by atoms with Crippen LogP contribution in [0.1, 0.15) is 24.9 Å². The first-order chi connectivity index (χ1) is 12.7. The predicted octanol–water partition coefficient (Wildman–Crippen LogP) is 4.34. The number of thiophene rings is 1. The summed E-state index contributed by atoms with van der Waals surface area (Å²) < 4.78 is 5.41. The van der Waals surface area contributed by atoms with Gasteiger partial charge in [0.15, 0.2) is 10.9 Å². The number of anilines is 1. The lowest BCUT2D eigenvalue weighted by atomic mass is 10.2. The van der Waals surface area contributed by atoms with Gasteiger partial charge in [-0.1, -0.05) is 17.4 Å². The molecule has 0 aliphatic heterocycles. The van der Waals surface area contributed by atoms with E-state index >= 15 is 0 Å². The second kappa shape index (κ2) is 7.03. The first-order valence-corrected chi connectivity index (χ1v) is 9.26. The molecule has 0 aromatic carbocycles. The van der Waals surface area contributed by atoms with Crippen molar-refractivity contribution in [2.45, 2.75) is 0 Å². The number of pyridine rings is 1. The number of aromatic nitrogens is 2. The van der Waals surface area contributed by atoms with Crippen LogP contribution in [0.25, 0.3) is 11.5 Å². The predicted molar refractivity (Wildman–Crippen MR) is 99.8 cm³/mol. The van der Waals surface area contributed by atoms with Crippen molar-refractivity contribution in [1.29, 1.82) is 0 Å². The zero-order valence-corrected chi connectivity index (χ0v) is 14.8. The lowest BCUT2D eigenvalue weighted by Crippen LogP contribution is -2.11. The minimum atomic E-state index is -0.317. The van der Waals surface area contributed by atoms with Gasteiger partial charge in [0.05, 0.1) is 11.1 Å². The number of hydrogen-bond donors (Lipinski definition) is 1. The number of carbonyl (C=O) groups excluding carboxylic acids is 2. The number of ketones is 1. The van der Waals surface area contributed by atoms with Gasteiger partial charge in [-0.25, -0.2) is 4.98 Å². The molecule has 0 atom stereocenters. The van der Waals surface area contributed by atoms with E-state index in [-0.39, 0.29) is 11.7 Å². The minimum absolute atomic E-state index is 0.145. The second-order valence-electron chi connectivity index (χ2n) is 5.17. The maximum Gasteiger partial charge on any atom is 0.257 e. The third-order valence-corrected chi connectivity index (χ3v) is 5.33. The maximum atomic E-state index is 12.8. The summed E-state index contributed by atoms with van der Waals surface area (Å²) in [6, 6.07) is 10.2. The van der Waals surface area contributed by atoms with E-state index in [4.69, 9.17) is 4.42 Å². The normalized spacial score (nSPS) is 10.6. The Hall–Kier alpha value is -3.10. The molecule has 8 heteroatoms. The van der Waals surface area contributed by atoms with Crippen LogP contribution in [0.2, 0.25) is 0 Å². The molecule has 26 heavy (non-hydrogen) atoms. The van der Waals surface area contributed by atoms with E-state index < -0.39 is 0 Å². The number of hydrogen-bond acceptors (Lipinski definition) is 7. The fourth-order valence-electron chi connectivity index (χ4n) is 2.30. The van der Waals surface area contributed by atoms with E-state index in [1.165, 1.54) is 30.0 Å². The molecule has 1 N–H and O–H groups in total. The highest BCUT2D eigenvalue weighted by molar-refractivity contribution is 7.19. The van der Waals surface area contributed by atoms with Gasteiger partial charge in [-0.15, -0.1) is 11.3 Å². The number of thiazole rings is 1. The van der Waals surface area contributed by atoms with Crippen molar-refractivity contribution in [3.8, 4) is 11.5 Å². The van der Waals surface area contributed by atoms with Gasteiger partial charge in [-0.05, 0) is 35.7 Å². The van der Waals surface area contributed by atoms with Crippen molar-refractivity contribution in [3.63, 3.8) is 0 Å². The van der Waals surface area contributed by atoms with Gasteiger partial charge in [0.2, 0.25) is 5.78 Å². The summed E-state index contributed by atoms with van der Waals surface area (Å²) in [5.74, 6) is 0.0149. The Morgan fingerprint density at radius 2 is 1.92 bits per heavy atom. The Kier molecular flexibility index (Phi) is 4.42. The molecule has 0 saturated carbocycles. The van der Waals surface area contributed by atoms with Crippen LogP contribution in [0.4, 0.5) is 5.13 Å². The molecule has 128 valence electrons. The van der Waals surface area contributed by atoms with Crippen LogP contribution in [0.5, 0.6) is 0 Å². The fourth-order valence-corrected chi connectivity index (χ4v) is 3.95. The van der Waals surface area contributed by atoms with E-state index in [0.717, 1.165) is 11.3 Å². The number of furan rings is 1. The van der Waals surface area contributed by atoms with Crippen molar-refractivity contribution in [1.82, 2.24) is 9.97 Å². The third kappa shape index (κ3) is 3.19. The van der Waals surface area contributed by atoms with Gasteiger partial charge in [0, 0.05) is 18.0 Å². The van der Waals surface area contributed by atoms with Crippen LogP contribution >= 0.6 is 22.7 Å². The first-order valence-electron chi connectivity index (χ1n) is 7.56. The Balaban J connectivity index is 1.70. The van der Waals surface area contributed by atoms with Gasteiger partial charge < -0.3 is 4.42 Å². The molecule has 0 fully saturated rings. The lowest BCUT2D eigenvalue weighted by Gasteiger charge is -2.00. The summed E-state index contributed by atoms with van der Waals surface area (Å²) in [7, 11) is 0. The monoisotopic (exact) mass is 381 g/mol. The highest BCUT2D eigenvalue weighted by Gasteiger charge is 2.24. The number of amides is 1. The summed E-state index contributed by atoms with van der Waals surface area (Å²) in [6.45, 7) is 0. The second-order valence-corrected chi connectivity index (χ2v) is 7.12. The summed E-state index contributed by atoms with van der Waals surface area (Å²) in [6.07, 6.45) is 4.59. The first kappa shape index (κ1) is 16.4. The summed E-state index contributed by atoms with van der Waals surface area (Å²) >= 11 is 2.48. The standard InChI is InChI=1S/C18H11N3O3S2/c22-15(13-4-2-10-25-13)16-14(12-3-1-9-24-12)20-18(26-16)21-17(23)11-5-7-19-8-6-11/h1-10H,(H,20,21,23). The smallest absolute Gasteiger partial charge is 0.257 e. The Bertz CT molecular complexity index is 1040. The highest BCUT2D eigenvalue weighted by atomic mass is 32.1. The Labute approximate surface area is 156 Å². The van der Waals surface area contributed by atoms with Crippen LogP contribution in [0, 0.1) is 0 Å². The largest absolute Gasteiger partial charge is 0.463 e. The van der Waals surface area contributed by atoms with Gasteiger partial charge >= 0.3 is 0 Å². The molecule has 0 aliphatic rings. The zero-order chi connectivity index (χ0) is 17.9. The molecule has 0 radical (unpaired) electrons. The molecular weight excluding hydrogens is 370 g/mol. The van der Waals surface area contributed by atoms with Crippen molar-refractivity contribution in [2.75, 3.05) is 5.32 Å². The number of nitrogens with zero attached hydrogens (tertiary/aromatic N) is 2. The molecule has 4 rings (SSSR count). The summed E-state index contributed by atoms with van der Waals surface area (Å²) in [4.78, 5) is 34.5. The third-order valence-electron chi connectivity index (χ3n) is 3.50.